The molecule has 2 heterocycles. The van der Waals surface area contributed by atoms with Crippen molar-refractivity contribution in [1.82, 2.24) is 0 Å². The topological polar surface area (TPSA) is 179 Å². The zero-order chi connectivity index (χ0) is 18.0. The van der Waals surface area contributed by atoms with Crippen molar-refractivity contribution in [3.63, 3.8) is 0 Å². The zero-order valence-electron chi connectivity index (χ0n) is 13.0. The summed E-state index contributed by atoms with van der Waals surface area (Å²) >= 11 is 0. The summed E-state index contributed by atoms with van der Waals surface area (Å²) in [6.45, 7) is -0.483. The summed E-state index contributed by atoms with van der Waals surface area (Å²) in [4.78, 5) is 0. The standard InChI is InChI=1S/C13H24O11/c1-21-2-4-6(14)9(17)11(19)13(24-4)22-3-5-7(15)8(16)10(18)12(20)23-5/h4-20H,2-3H2,1H3/t4?,5?,6-,7-,8+,9+,10?,11?,12-,13-/m1/s1. The number of methoxy groups -OCH3 is 1. The molecule has 0 aromatic carbocycles. The molecule has 4 unspecified atom stereocenters. The molecular weight excluding hydrogens is 332 g/mol. The Morgan fingerprint density at radius 3 is 1.79 bits per heavy atom. The molecule has 2 saturated heterocycles. The molecule has 2 aliphatic heterocycles. The summed E-state index contributed by atoms with van der Waals surface area (Å²) in [5.41, 5.74) is 0. The van der Waals surface area contributed by atoms with Gasteiger partial charge in [-0.3, -0.25) is 0 Å². The smallest absolute Gasteiger partial charge is 0.186 e. The molecule has 2 rings (SSSR count). The van der Waals surface area contributed by atoms with E-state index in [4.69, 9.17) is 18.9 Å². The maximum Gasteiger partial charge on any atom is 0.186 e. The van der Waals surface area contributed by atoms with Crippen molar-refractivity contribution in [2.24, 2.45) is 0 Å². The molecule has 2 fully saturated rings. The Morgan fingerprint density at radius 1 is 0.667 bits per heavy atom. The average Bonchev–Trinajstić information content (AvgIpc) is 2.56. The lowest BCUT2D eigenvalue weighted by molar-refractivity contribution is -0.326. The predicted octanol–water partition coefficient (Wildman–Crippen LogP) is -4.74. The third-order valence-corrected chi connectivity index (χ3v) is 4.11. The van der Waals surface area contributed by atoms with Gasteiger partial charge in [-0.25, -0.2) is 0 Å². The van der Waals surface area contributed by atoms with Crippen molar-refractivity contribution in [2.75, 3.05) is 20.3 Å². The fourth-order valence-corrected chi connectivity index (χ4v) is 2.61. The van der Waals surface area contributed by atoms with Gasteiger partial charge in [-0.15, -0.1) is 0 Å². The number of aliphatic hydroxyl groups is 7. The molecule has 0 aromatic heterocycles. The summed E-state index contributed by atoms with van der Waals surface area (Å²) < 4.78 is 20.3. The average molecular weight is 356 g/mol. The van der Waals surface area contributed by atoms with E-state index < -0.39 is 68.0 Å². The van der Waals surface area contributed by atoms with E-state index in [0.29, 0.717) is 0 Å². The molecule has 0 radical (unpaired) electrons. The summed E-state index contributed by atoms with van der Waals surface area (Å²) in [5.74, 6) is 0. The fourth-order valence-electron chi connectivity index (χ4n) is 2.61. The van der Waals surface area contributed by atoms with E-state index in [1.807, 2.05) is 0 Å². The first kappa shape index (κ1) is 19.9. The van der Waals surface area contributed by atoms with Crippen LogP contribution in [-0.4, -0.2) is 117 Å². The van der Waals surface area contributed by atoms with Crippen LogP contribution in [0, 0.1) is 0 Å². The third-order valence-electron chi connectivity index (χ3n) is 4.11. The van der Waals surface area contributed by atoms with Crippen molar-refractivity contribution in [2.45, 2.75) is 61.4 Å². The summed E-state index contributed by atoms with van der Waals surface area (Å²) in [7, 11) is 1.36. The molecule has 7 N–H and O–H groups in total. The summed E-state index contributed by atoms with van der Waals surface area (Å²) in [6, 6.07) is 0. The Morgan fingerprint density at radius 2 is 1.21 bits per heavy atom. The number of aliphatic hydroxyl groups excluding tert-OH is 7. The van der Waals surface area contributed by atoms with Crippen molar-refractivity contribution >= 4 is 0 Å². The van der Waals surface area contributed by atoms with Crippen LogP contribution in [0.5, 0.6) is 0 Å². The van der Waals surface area contributed by atoms with E-state index in [9.17, 15) is 35.7 Å². The van der Waals surface area contributed by atoms with Crippen molar-refractivity contribution < 1.29 is 54.7 Å². The molecule has 11 heteroatoms. The molecule has 0 bridgehead atoms. The monoisotopic (exact) mass is 356 g/mol. The van der Waals surface area contributed by atoms with E-state index in [-0.39, 0.29) is 6.61 Å². The van der Waals surface area contributed by atoms with Gasteiger partial charge >= 0.3 is 0 Å². The highest BCUT2D eigenvalue weighted by atomic mass is 16.7. The minimum absolute atomic E-state index is 0.0586. The zero-order valence-corrected chi connectivity index (χ0v) is 13.0. The lowest BCUT2D eigenvalue weighted by atomic mass is 9.98. The van der Waals surface area contributed by atoms with Gasteiger partial charge in [0.25, 0.3) is 0 Å². The van der Waals surface area contributed by atoms with Gasteiger partial charge in [0.2, 0.25) is 0 Å². The molecule has 0 aromatic rings. The van der Waals surface area contributed by atoms with Gasteiger partial charge in [-0.05, 0) is 0 Å². The van der Waals surface area contributed by atoms with Crippen LogP contribution in [0.15, 0.2) is 0 Å². The van der Waals surface area contributed by atoms with E-state index in [2.05, 4.69) is 0 Å². The van der Waals surface area contributed by atoms with Crippen LogP contribution < -0.4 is 0 Å². The number of rotatable bonds is 5. The molecule has 10 atom stereocenters. The molecular formula is C13H24O11. The molecule has 0 spiro atoms. The highest BCUT2D eigenvalue weighted by Crippen LogP contribution is 2.25. The molecule has 2 aliphatic rings. The number of hydrogen-bond acceptors (Lipinski definition) is 11. The van der Waals surface area contributed by atoms with Gasteiger partial charge in [0.15, 0.2) is 12.6 Å². The highest BCUT2D eigenvalue weighted by molar-refractivity contribution is 4.91. The molecule has 0 saturated carbocycles. The predicted molar refractivity (Wildman–Crippen MR) is 73.4 cm³/mol. The summed E-state index contributed by atoms with van der Waals surface area (Å²) in [5, 5.41) is 67.7. The maximum absolute atomic E-state index is 9.89. The van der Waals surface area contributed by atoms with Gasteiger partial charge in [-0.1, -0.05) is 0 Å². The first-order valence-electron chi connectivity index (χ1n) is 7.45. The minimum atomic E-state index is -1.72. The second-order valence-corrected chi connectivity index (χ2v) is 5.84. The molecule has 0 aliphatic carbocycles. The Hall–Kier alpha value is -0.440. The SMILES string of the molecule is COCC1O[C@@H](OCC2O[C@@H](O)C(O)[C@@H](O)[C@@H]2O)C(O)[C@@H](O)[C@@H]1O. The lowest BCUT2D eigenvalue weighted by Gasteiger charge is -2.42. The number of ether oxygens (including phenoxy) is 4. The quantitative estimate of drug-likeness (QED) is 0.251. The Bertz CT molecular complexity index is 396. The van der Waals surface area contributed by atoms with Gasteiger partial charge in [-0.2, -0.15) is 0 Å². The van der Waals surface area contributed by atoms with Crippen LogP contribution in [0.3, 0.4) is 0 Å². The second kappa shape index (κ2) is 8.29. The maximum atomic E-state index is 9.89. The third kappa shape index (κ3) is 4.03. The van der Waals surface area contributed by atoms with E-state index in [1.54, 1.807) is 0 Å². The highest BCUT2D eigenvalue weighted by Gasteiger charge is 2.46. The molecule has 0 amide bonds. The van der Waals surface area contributed by atoms with Gasteiger partial charge in [0.05, 0.1) is 13.2 Å². The van der Waals surface area contributed by atoms with Crippen LogP contribution in [0.2, 0.25) is 0 Å². The van der Waals surface area contributed by atoms with Gasteiger partial charge in [0.1, 0.15) is 48.8 Å². The van der Waals surface area contributed by atoms with E-state index >= 15 is 0 Å². The van der Waals surface area contributed by atoms with E-state index in [0.717, 1.165) is 0 Å². The normalized spacial score (nSPS) is 50.0. The molecule has 24 heavy (non-hydrogen) atoms. The largest absolute Gasteiger partial charge is 0.387 e. The molecule has 11 nitrogen and oxygen atoms in total. The Balaban J connectivity index is 1.94. The number of hydrogen-bond donors (Lipinski definition) is 7. The van der Waals surface area contributed by atoms with Crippen LogP contribution in [0.4, 0.5) is 0 Å². The Kier molecular flexibility index (Phi) is 6.87. The van der Waals surface area contributed by atoms with Crippen LogP contribution in [0.25, 0.3) is 0 Å². The van der Waals surface area contributed by atoms with Crippen LogP contribution >= 0.6 is 0 Å². The van der Waals surface area contributed by atoms with Crippen LogP contribution in [-0.2, 0) is 18.9 Å². The summed E-state index contributed by atoms with van der Waals surface area (Å²) in [6.07, 6.45) is -14.6. The minimum Gasteiger partial charge on any atom is -0.387 e. The fraction of sp³-hybridized carbons (Fsp3) is 1.00. The van der Waals surface area contributed by atoms with Gasteiger partial charge in [0, 0.05) is 7.11 Å². The first-order chi connectivity index (χ1) is 11.3. The lowest BCUT2D eigenvalue weighted by Crippen LogP contribution is -2.61. The first-order valence-corrected chi connectivity index (χ1v) is 7.45. The van der Waals surface area contributed by atoms with Crippen molar-refractivity contribution in [1.29, 1.82) is 0 Å². The second-order valence-electron chi connectivity index (χ2n) is 5.84. The van der Waals surface area contributed by atoms with Crippen molar-refractivity contribution in [3.8, 4) is 0 Å². The van der Waals surface area contributed by atoms with Gasteiger partial charge < -0.3 is 54.7 Å². The van der Waals surface area contributed by atoms with E-state index in [1.165, 1.54) is 7.11 Å². The van der Waals surface area contributed by atoms with Crippen molar-refractivity contribution in [3.05, 3.63) is 0 Å². The van der Waals surface area contributed by atoms with Crippen LogP contribution in [0.1, 0.15) is 0 Å². The Labute approximate surface area is 137 Å². The molecule has 142 valence electrons.